The summed E-state index contributed by atoms with van der Waals surface area (Å²) in [7, 11) is 0. The summed E-state index contributed by atoms with van der Waals surface area (Å²) in [6, 6.07) is 11.3. The van der Waals surface area contributed by atoms with E-state index in [0.717, 1.165) is 12.8 Å². The Hall–Kier alpha value is -3.28. The van der Waals surface area contributed by atoms with E-state index in [2.05, 4.69) is 5.32 Å². The quantitative estimate of drug-likeness (QED) is 0.720. The zero-order chi connectivity index (χ0) is 19.1. The van der Waals surface area contributed by atoms with Gasteiger partial charge in [0.05, 0.1) is 17.2 Å². The largest absolute Gasteiger partial charge is 0.452 e. The maximum atomic E-state index is 12.9. The van der Waals surface area contributed by atoms with Gasteiger partial charge in [-0.2, -0.15) is 0 Å². The SMILES string of the molecule is CC(OC(=O)C1CC1)C(=O)Nc1cccc2c1C(=O)c1ccccc1C2=O. The summed E-state index contributed by atoms with van der Waals surface area (Å²) in [5, 5.41) is 2.63. The number of ether oxygens (including phenoxy) is 1. The smallest absolute Gasteiger partial charge is 0.309 e. The normalized spacial score (nSPS) is 16.2. The third kappa shape index (κ3) is 3.03. The Morgan fingerprint density at radius 2 is 1.59 bits per heavy atom. The minimum Gasteiger partial charge on any atom is -0.452 e. The fourth-order valence-corrected chi connectivity index (χ4v) is 3.13. The first-order chi connectivity index (χ1) is 13.0. The predicted molar refractivity (Wildman–Crippen MR) is 96.7 cm³/mol. The monoisotopic (exact) mass is 363 g/mol. The third-order valence-corrected chi connectivity index (χ3v) is 4.78. The Morgan fingerprint density at radius 1 is 0.963 bits per heavy atom. The molecule has 6 heteroatoms. The van der Waals surface area contributed by atoms with E-state index >= 15 is 0 Å². The van der Waals surface area contributed by atoms with Crippen LogP contribution in [-0.2, 0) is 14.3 Å². The van der Waals surface area contributed by atoms with Gasteiger partial charge in [-0.25, -0.2) is 0 Å². The molecule has 6 nitrogen and oxygen atoms in total. The Balaban J connectivity index is 1.62. The highest BCUT2D eigenvalue weighted by molar-refractivity contribution is 6.30. The van der Waals surface area contributed by atoms with Crippen LogP contribution < -0.4 is 5.32 Å². The van der Waals surface area contributed by atoms with Crippen molar-refractivity contribution in [3.8, 4) is 0 Å². The molecule has 1 saturated carbocycles. The number of hydrogen-bond acceptors (Lipinski definition) is 5. The topological polar surface area (TPSA) is 89.5 Å². The number of ketones is 2. The van der Waals surface area contributed by atoms with Gasteiger partial charge in [-0.05, 0) is 25.8 Å². The van der Waals surface area contributed by atoms with Crippen LogP contribution in [0.3, 0.4) is 0 Å². The first kappa shape index (κ1) is 17.1. The van der Waals surface area contributed by atoms with E-state index < -0.39 is 12.0 Å². The molecule has 0 aliphatic heterocycles. The van der Waals surface area contributed by atoms with E-state index in [1.165, 1.54) is 6.92 Å². The summed E-state index contributed by atoms with van der Waals surface area (Å²) in [5.74, 6) is -1.62. The van der Waals surface area contributed by atoms with Crippen molar-refractivity contribution in [3.63, 3.8) is 0 Å². The molecule has 2 aliphatic rings. The van der Waals surface area contributed by atoms with Crippen LogP contribution in [0, 0.1) is 5.92 Å². The first-order valence-electron chi connectivity index (χ1n) is 8.80. The van der Waals surface area contributed by atoms with Gasteiger partial charge in [0, 0.05) is 16.7 Å². The zero-order valence-corrected chi connectivity index (χ0v) is 14.7. The van der Waals surface area contributed by atoms with E-state index in [9.17, 15) is 19.2 Å². The highest BCUT2D eigenvalue weighted by Gasteiger charge is 2.34. The fourth-order valence-electron chi connectivity index (χ4n) is 3.13. The minimum atomic E-state index is -0.990. The van der Waals surface area contributed by atoms with Gasteiger partial charge in [0.2, 0.25) is 0 Å². The van der Waals surface area contributed by atoms with Gasteiger partial charge in [0.1, 0.15) is 0 Å². The predicted octanol–water partition coefficient (Wildman–Crippen LogP) is 2.74. The van der Waals surface area contributed by atoms with Crippen molar-refractivity contribution in [2.45, 2.75) is 25.9 Å². The fraction of sp³-hybridized carbons (Fsp3) is 0.238. The molecule has 0 heterocycles. The van der Waals surface area contributed by atoms with Crippen molar-refractivity contribution in [1.29, 1.82) is 0 Å². The van der Waals surface area contributed by atoms with Crippen molar-refractivity contribution < 1.29 is 23.9 Å². The number of anilines is 1. The molecule has 1 N–H and O–H groups in total. The summed E-state index contributed by atoms with van der Waals surface area (Å²) >= 11 is 0. The number of benzene rings is 2. The van der Waals surface area contributed by atoms with Crippen LogP contribution in [0.25, 0.3) is 0 Å². The van der Waals surface area contributed by atoms with Crippen molar-refractivity contribution in [2.24, 2.45) is 5.92 Å². The molecule has 2 aromatic rings. The molecular weight excluding hydrogens is 346 g/mol. The molecule has 0 saturated heterocycles. The Kier molecular flexibility index (Phi) is 4.11. The van der Waals surface area contributed by atoms with Crippen LogP contribution >= 0.6 is 0 Å². The Morgan fingerprint density at radius 3 is 2.26 bits per heavy atom. The number of fused-ring (bicyclic) bond motifs is 2. The molecule has 27 heavy (non-hydrogen) atoms. The summed E-state index contributed by atoms with van der Waals surface area (Å²) in [6.07, 6.45) is 0.584. The highest BCUT2D eigenvalue weighted by atomic mass is 16.5. The molecule has 2 aromatic carbocycles. The molecule has 1 atom stereocenters. The maximum Gasteiger partial charge on any atom is 0.309 e. The number of esters is 1. The van der Waals surface area contributed by atoms with Crippen LogP contribution in [0.4, 0.5) is 5.69 Å². The highest BCUT2D eigenvalue weighted by Crippen LogP contribution is 2.32. The lowest BCUT2D eigenvalue weighted by atomic mass is 9.83. The van der Waals surface area contributed by atoms with Gasteiger partial charge >= 0.3 is 5.97 Å². The van der Waals surface area contributed by atoms with Gasteiger partial charge in [-0.15, -0.1) is 0 Å². The maximum absolute atomic E-state index is 12.9. The lowest BCUT2D eigenvalue weighted by Gasteiger charge is -2.21. The van der Waals surface area contributed by atoms with E-state index in [1.807, 2.05) is 0 Å². The second-order valence-corrected chi connectivity index (χ2v) is 6.77. The van der Waals surface area contributed by atoms with E-state index in [0.29, 0.717) is 11.1 Å². The summed E-state index contributed by atoms with van der Waals surface area (Å²) in [4.78, 5) is 49.8. The van der Waals surface area contributed by atoms with Gasteiger partial charge in [0.15, 0.2) is 17.7 Å². The second-order valence-electron chi connectivity index (χ2n) is 6.77. The van der Waals surface area contributed by atoms with E-state index in [4.69, 9.17) is 4.74 Å². The molecule has 0 spiro atoms. The van der Waals surface area contributed by atoms with Crippen molar-refractivity contribution in [3.05, 3.63) is 64.7 Å². The lowest BCUT2D eigenvalue weighted by Crippen LogP contribution is -2.32. The lowest BCUT2D eigenvalue weighted by molar-refractivity contribution is -0.154. The number of rotatable bonds is 4. The first-order valence-corrected chi connectivity index (χ1v) is 8.80. The second kappa shape index (κ2) is 6.46. The molecule has 1 amide bonds. The number of nitrogens with one attached hydrogen (secondary N) is 1. The van der Waals surface area contributed by atoms with Gasteiger partial charge < -0.3 is 10.1 Å². The summed E-state index contributed by atoms with van der Waals surface area (Å²) in [6.45, 7) is 1.48. The molecule has 1 fully saturated rings. The third-order valence-electron chi connectivity index (χ3n) is 4.78. The summed E-state index contributed by atoms with van der Waals surface area (Å²) in [5.41, 5.74) is 1.31. The van der Waals surface area contributed by atoms with Crippen LogP contribution in [0.2, 0.25) is 0 Å². The molecule has 0 aromatic heterocycles. The number of carbonyl (C=O) groups is 4. The number of hydrogen-bond donors (Lipinski definition) is 1. The standard InChI is InChI=1S/C21H17NO5/c1-11(27-21(26)12-9-10-12)20(25)22-16-8-4-7-15-17(16)19(24)14-6-3-2-5-13(14)18(15)23/h2-8,11-12H,9-10H2,1H3,(H,22,25). The summed E-state index contributed by atoms with van der Waals surface area (Å²) < 4.78 is 5.15. The van der Waals surface area contributed by atoms with E-state index in [1.54, 1.807) is 42.5 Å². The van der Waals surface area contributed by atoms with Gasteiger partial charge in [-0.3, -0.25) is 19.2 Å². The van der Waals surface area contributed by atoms with Crippen LogP contribution in [0.1, 0.15) is 51.6 Å². The zero-order valence-electron chi connectivity index (χ0n) is 14.7. The van der Waals surface area contributed by atoms with Crippen molar-refractivity contribution >= 4 is 29.1 Å². The Bertz CT molecular complexity index is 990. The molecule has 136 valence electrons. The van der Waals surface area contributed by atoms with Crippen LogP contribution in [-0.4, -0.2) is 29.5 Å². The van der Waals surface area contributed by atoms with Gasteiger partial charge in [-0.1, -0.05) is 36.4 Å². The Labute approximate surface area is 155 Å². The number of carbonyl (C=O) groups excluding carboxylic acids is 4. The molecule has 4 rings (SSSR count). The minimum absolute atomic E-state index is 0.111. The van der Waals surface area contributed by atoms with E-state index in [-0.39, 0.29) is 40.3 Å². The average Bonchev–Trinajstić information content (AvgIpc) is 3.51. The molecule has 1 unspecified atom stereocenters. The van der Waals surface area contributed by atoms with Crippen LogP contribution in [0.5, 0.6) is 0 Å². The van der Waals surface area contributed by atoms with Crippen LogP contribution in [0.15, 0.2) is 42.5 Å². The van der Waals surface area contributed by atoms with Crippen molar-refractivity contribution in [2.75, 3.05) is 5.32 Å². The molecule has 2 aliphatic carbocycles. The average molecular weight is 363 g/mol. The molecule has 0 radical (unpaired) electrons. The number of amides is 1. The van der Waals surface area contributed by atoms with Gasteiger partial charge in [0.25, 0.3) is 5.91 Å². The van der Waals surface area contributed by atoms with Crippen molar-refractivity contribution in [1.82, 2.24) is 0 Å². The molecular formula is C21H17NO5. The molecule has 0 bridgehead atoms.